The molecule has 2 amide bonds. The molecule has 1 aliphatic rings. The number of carbonyl (C=O) groups is 2. The van der Waals surface area contributed by atoms with Gasteiger partial charge in [-0.3, -0.25) is 14.6 Å². The zero-order chi connectivity index (χ0) is 18.5. The summed E-state index contributed by atoms with van der Waals surface area (Å²) in [5.74, 6) is -0.355. The second-order valence-electron chi connectivity index (χ2n) is 6.23. The number of amidine groups is 1. The van der Waals surface area contributed by atoms with Crippen LogP contribution in [0.25, 0.3) is 0 Å². The molecule has 2 aromatic carbocycles. The van der Waals surface area contributed by atoms with Gasteiger partial charge in [0.1, 0.15) is 5.25 Å². The second kappa shape index (κ2) is 8.19. The van der Waals surface area contributed by atoms with Gasteiger partial charge in [0.25, 0.3) is 0 Å². The molecule has 0 saturated carbocycles. The first kappa shape index (κ1) is 18.2. The molecule has 2 aromatic rings. The maximum atomic E-state index is 12.2. The summed E-state index contributed by atoms with van der Waals surface area (Å²) in [6, 6.07) is 17.4. The van der Waals surface area contributed by atoms with E-state index in [9.17, 15) is 9.59 Å². The number of hydrogen-bond donors (Lipinski definition) is 2. The molecular formula is C20H21N3O2S. The molecule has 0 unspecified atom stereocenters. The van der Waals surface area contributed by atoms with Crippen molar-refractivity contribution in [2.45, 2.75) is 31.6 Å². The van der Waals surface area contributed by atoms with E-state index in [1.807, 2.05) is 68.4 Å². The largest absolute Gasteiger partial charge is 0.326 e. The van der Waals surface area contributed by atoms with E-state index >= 15 is 0 Å². The number of benzene rings is 2. The van der Waals surface area contributed by atoms with Crippen molar-refractivity contribution >= 4 is 34.4 Å². The van der Waals surface area contributed by atoms with Gasteiger partial charge in [0.15, 0.2) is 5.17 Å². The maximum absolute atomic E-state index is 12.2. The van der Waals surface area contributed by atoms with Gasteiger partial charge >= 0.3 is 0 Å². The minimum absolute atomic E-state index is 0.0564. The monoisotopic (exact) mass is 367 g/mol. The Labute approximate surface area is 157 Å². The highest BCUT2D eigenvalue weighted by Crippen LogP contribution is 2.26. The van der Waals surface area contributed by atoms with Gasteiger partial charge in [0.2, 0.25) is 11.8 Å². The summed E-state index contributed by atoms with van der Waals surface area (Å²) in [5, 5.41) is 5.71. The number of rotatable bonds is 5. The zero-order valence-electron chi connectivity index (χ0n) is 14.7. The molecule has 0 aliphatic carbocycles. The lowest BCUT2D eigenvalue weighted by atomic mass is 10.1. The van der Waals surface area contributed by atoms with Crippen LogP contribution in [0.15, 0.2) is 59.6 Å². The quantitative estimate of drug-likeness (QED) is 0.847. The van der Waals surface area contributed by atoms with Crippen molar-refractivity contribution < 1.29 is 9.59 Å². The van der Waals surface area contributed by atoms with Crippen LogP contribution in [0.2, 0.25) is 0 Å². The standard InChI is InChI=1S/C20H21N3O2S/c1-13-8-10-16(11-9-13)22-18(24)12-17-19(25)23-20(26-17)21-14(2)15-6-4-3-5-7-15/h3-11,14,17H,12H2,1-2H3,(H,22,24)(H,21,23,25)/t14-,17+/m1/s1. The average Bonchev–Trinajstić information content (AvgIpc) is 2.96. The molecule has 0 aromatic heterocycles. The Morgan fingerprint density at radius 3 is 2.58 bits per heavy atom. The van der Waals surface area contributed by atoms with Crippen LogP contribution in [0.3, 0.4) is 0 Å². The minimum Gasteiger partial charge on any atom is -0.326 e. The van der Waals surface area contributed by atoms with E-state index in [-0.39, 0.29) is 24.3 Å². The van der Waals surface area contributed by atoms with Crippen molar-refractivity contribution in [2.24, 2.45) is 4.99 Å². The first-order valence-corrected chi connectivity index (χ1v) is 9.36. The molecule has 6 heteroatoms. The predicted molar refractivity (Wildman–Crippen MR) is 106 cm³/mol. The lowest BCUT2D eigenvalue weighted by Crippen LogP contribution is -2.28. The third-order valence-corrected chi connectivity index (χ3v) is 5.17. The van der Waals surface area contributed by atoms with Crippen molar-refractivity contribution in [2.75, 3.05) is 5.32 Å². The Kier molecular flexibility index (Phi) is 5.73. The van der Waals surface area contributed by atoms with Gasteiger partial charge in [-0.25, -0.2) is 0 Å². The minimum atomic E-state index is -0.456. The molecule has 1 aliphatic heterocycles. The maximum Gasteiger partial charge on any atom is 0.240 e. The SMILES string of the molecule is Cc1ccc(NC(=O)C[C@@H]2SC(=N[C@H](C)c3ccccc3)NC2=O)cc1. The van der Waals surface area contributed by atoms with Crippen LogP contribution in [0, 0.1) is 6.92 Å². The molecule has 5 nitrogen and oxygen atoms in total. The molecule has 2 N–H and O–H groups in total. The number of nitrogens with one attached hydrogen (secondary N) is 2. The lowest BCUT2D eigenvalue weighted by molar-refractivity contribution is -0.122. The van der Waals surface area contributed by atoms with E-state index in [0.29, 0.717) is 5.17 Å². The fourth-order valence-electron chi connectivity index (χ4n) is 2.60. The van der Waals surface area contributed by atoms with Crippen molar-refractivity contribution in [3.05, 3.63) is 65.7 Å². The molecular weight excluding hydrogens is 346 g/mol. The van der Waals surface area contributed by atoms with E-state index in [2.05, 4.69) is 15.6 Å². The van der Waals surface area contributed by atoms with E-state index in [1.165, 1.54) is 11.8 Å². The molecule has 0 radical (unpaired) electrons. The molecule has 3 rings (SSSR count). The topological polar surface area (TPSA) is 70.6 Å². The normalized spacial score (nSPS) is 19.2. The van der Waals surface area contributed by atoms with Gasteiger partial charge < -0.3 is 10.6 Å². The molecule has 0 bridgehead atoms. The van der Waals surface area contributed by atoms with Gasteiger partial charge in [-0.2, -0.15) is 0 Å². The van der Waals surface area contributed by atoms with E-state index in [1.54, 1.807) is 0 Å². The van der Waals surface area contributed by atoms with Crippen LogP contribution >= 0.6 is 11.8 Å². The molecule has 2 atom stereocenters. The Morgan fingerprint density at radius 2 is 1.88 bits per heavy atom. The lowest BCUT2D eigenvalue weighted by Gasteiger charge is -2.08. The molecule has 1 fully saturated rings. The molecule has 134 valence electrons. The summed E-state index contributed by atoms with van der Waals surface area (Å²) >= 11 is 1.31. The fourth-order valence-corrected chi connectivity index (χ4v) is 3.65. The van der Waals surface area contributed by atoms with Crippen molar-refractivity contribution in [1.82, 2.24) is 5.32 Å². The van der Waals surface area contributed by atoms with Gasteiger partial charge in [-0.1, -0.05) is 59.8 Å². The molecule has 0 spiro atoms. The van der Waals surface area contributed by atoms with Crippen molar-refractivity contribution in [1.29, 1.82) is 0 Å². The van der Waals surface area contributed by atoms with Gasteiger partial charge in [-0.05, 0) is 31.5 Å². The number of anilines is 1. The fraction of sp³-hybridized carbons (Fsp3) is 0.250. The summed E-state index contributed by atoms with van der Waals surface area (Å²) in [4.78, 5) is 28.9. The first-order valence-electron chi connectivity index (χ1n) is 8.48. The zero-order valence-corrected chi connectivity index (χ0v) is 15.5. The Bertz CT molecular complexity index is 819. The average molecular weight is 367 g/mol. The van der Waals surface area contributed by atoms with Gasteiger partial charge in [0, 0.05) is 12.1 Å². The van der Waals surface area contributed by atoms with Crippen LogP contribution in [0.5, 0.6) is 0 Å². The first-order chi connectivity index (χ1) is 12.5. The number of nitrogens with zero attached hydrogens (tertiary/aromatic N) is 1. The summed E-state index contributed by atoms with van der Waals surface area (Å²) in [6.45, 7) is 3.97. The van der Waals surface area contributed by atoms with Crippen LogP contribution in [-0.2, 0) is 9.59 Å². The number of amides is 2. The van der Waals surface area contributed by atoms with Crippen LogP contribution in [-0.4, -0.2) is 22.2 Å². The smallest absolute Gasteiger partial charge is 0.240 e. The van der Waals surface area contributed by atoms with Crippen molar-refractivity contribution in [3.63, 3.8) is 0 Å². The Balaban J connectivity index is 1.58. The highest BCUT2D eigenvalue weighted by atomic mass is 32.2. The molecule has 1 heterocycles. The summed E-state index contributed by atoms with van der Waals surface area (Å²) in [6.07, 6.45) is 0.114. The van der Waals surface area contributed by atoms with Gasteiger partial charge in [0.05, 0.1) is 6.04 Å². The highest BCUT2D eigenvalue weighted by Gasteiger charge is 2.32. The summed E-state index contributed by atoms with van der Waals surface area (Å²) in [5.41, 5.74) is 2.94. The second-order valence-corrected chi connectivity index (χ2v) is 7.43. The number of aliphatic imine (C=N–C) groups is 1. The van der Waals surface area contributed by atoms with Crippen LogP contribution in [0.4, 0.5) is 5.69 Å². The highest BCUT2D eigenvalue weighted by molar-refractivity contribution is 8.15. The molecule has 1 saturated heterocycles. The number of hydrogen-bond acceptors (Lipinski definition) is 4. The number of carbonyl (C=O) groups excluding carboxylic acids is 2. The predicted octanol–water partition coefficient (Wildman–Crippen LogP) is 3.67. The summed E-state index contributed by atoms with van der Waals surface area (Å²) < 4.78 is 0. The molecule has 26 heavy (non-hydrogen) atoms. The van der Waals surface area contributed by atoms with E-state index in [4.69, 9.17) is 0 Å². The van der Waals surface area contributed by atoms with Crippen molar-refractivity contribution in [3.8, 4) is 0 Å². The van der Waals surface area contributed by atoms with E-state index < -0.39 is 5.25 Å². The third-order valence-electron chi connectivity index (χ3n) is 4.08. The third kappa shape index (κ3) is 4.73. The Morgan fingerprint density at radius 1 is 1.19 bits per heavy atom. The number of aryl methyl sites for hydroxylation is 1. The van der Waals surface area contributed by atoms with Crippen LogP contribution < -0.4 is 10.6 Å². The van der Waals surface area contributed by atoms with Gasteiger partial charge in [-0.15, -0.1) is 0 Å². The summed E-state index contributed by atoms with van der Waals surface area (Å²) in [7, 11) is 0. The Hall–Kier alpha value is -2.60. The number of thioether (sulfide) groups is 1. The van der Waals surface area contributed by atoms with E-state index in [0.717, 1.165) is 16.8 Å². The van der Waals surface area contributed by atoms with Crippen LogP contribution in [0.1, 0.15) is 30.5 Å².